The summed E-state index contributed by atoms with van der Waals surface area (Å²) in [5.74, 6) is -3.90. The Morgan fingerprint density at radius 1 is 1.15 bits per heavy atom. The van der Waals surface area contributed by atoms with Crippen LogP contribution in [0.15, 0.2) is 0 Å². The lowest BCUT2D eigenvalue weighted by molar-refractivity contribution is -0.157. The van der Waals surface area contributed by atoms with Crippen LogP contribution in [0.2, 0.25) is 0 Å². The number of amides is 1. The van der Waals surface area contributed by atoms with Crippen molar-refractivity contribution in [2.24, 2.45) is 5.92 Å². The Kier molecular flexibility index (Phi) is 5.99. The Balaban J connectivity index is 5.40. The third kappa shape index (κ3) is 4.40. The number of hydrogen-bond acceptors (Lipinski definition) is 4. The van der Waals surface area contributed by atoms with Gasteiger partial charge in [0.05, 0.1) is 5.92 Å². The quantitative estimate of drug-likeness (QED) is 0.687. The van der Waals surface area contributed by atoms with Crippen molar-refractivity contribution in [1.82, 2.24) is 5.32 Å². The van der Waals surface area contributed by atoms with Crippen LogP contribution in [0.3, 0.4) is 0 Å². The van der Waals surface area contributed by atoms with E-state index in [0.29, 0.717) is 0 Å². The summed E-state index contributed by atoms with van der Waals surface area (Å²) in [4.78, 5) is 34.6. The number of rotatable bonds is 6. The van der Waals surface area contributed by atoms with Crippen LogP contribution in [0.4, 0.5) is 4.79 Å². The highest BCUT2D eigenvalue weighted by atomic mass is 16.6. The number of carbonyl (C=O) groups is 3. The van der Waals surface area contributed by atoms with Crippen molar-refractivity contribution in [2.45, 2.75) is 58.6 Å². The van der Waals surface area contributed by atoms with Crippen LogP contribution < -0.4 is 5.32 Å². The summed E-state index contributed by atoms with van der Waals surface area (Å²) in [5.41, 5.74) is -2.68. The van der Waals surface area contributed by atoms with Gasteiger partial charge >= 0.3 is 18.0 Å². The molecule has 116 valence electrons. The highest BCUT2D eigenvalue weighted by Gasteiger charge is 2.49. The molecule has 0 aromatic rings. The number of carbonyl (C=O) groups excluding carboxylic acids is 1. The number of aliphatic carboxylic acids is 2. The van der Waals surface area contributed by atoms with E-state index in [0.717, 1.165) is 0 Å². The molecule has 0 heterocycles. The lowest BCUT2D eigenvalue weighted by Gasteiger charge is -2.34. The molecular weight excluding hydrogens is 266 g/mol. The van der Waals surface area contributed by atoms with Gasteiger partial charge in [0.1, 0.15) is 5.60 Å². The van der Waals surface area contributed by atoms with Gasteiger partial charge < -0.3 is 20.3 Å². The minimum atomic E-state index is -1.89. The first-order valence-electron chi connectivity index (χ1n) is 6.47. The molecule has 0 aliphatic rings. The Bertz CT molecular complexity index is 387. The topological polar surface area (TPSA) is 113 Å². The Hall–Kier alpha value is -1.79. The second kappa shape index (κ2) is 6.58. The number of ether oxygens (including phenoxy) is 1. The fraction of sp³-hybridized carbons (Fsp3) is 0.769. The van der Waals surface area contributed by atoms with E-state index in [4.69, 9.17) is 4.74 Å². The van der Waals surface area contributed by atoms with Crippen LogP contribution in [0.25, 0.3) is 0 Å². The third-order valence-electron chi connectivity index (χ3n) is 2.96. The fourth-order valence-electron chi connectivity index (χ4n) is 2.00. The molecule has 0 bridgehead atoms. The Morgan fingerprint density at radius 3 is 1.90 bits per heavy atom. The molecule has 0 aromatic carbocycles. The van der Waals surface area contributed by atoms with Crippen LogP contribution in [0, 0.1) is 5.92 Å². The summed E-state index contributed by atoms with van der Waals surface area (Å²) in [7, 11) is 0. The minimum Gasteiger partial charge on any atom is -0.481 e. The number of nitrogens with one attached hydrogen (secondary N) is 1. The number of carboxylic acids is 2. The summed E-state index contributed by atoms with van der Waals surface area (Å²) in [6, 6.07) is 0. The van der Waals surface area contributed by atoms with Crippen molar-refractivity contribution >= 4 is 18.0 Å². The molecule has 0 spiro atoms. The zero-order valence-electron chi connectivity index (χ0n) is 12.5. The predicted octanol–water partition coefficient (Wildman–Crippen LogP) is 1.86. The molecule has 0 rings (SSSR count). The second-order valence-electron chi connectivity index (χ2n) is 5.56. The van der Waals surface area contributed by atoms with Crippen LogP contribution >= 0.6 is 0 Å². The molecule has 20 heavy (non-hydrogen) atoms. The Labute approximate surface area is 118 Å². The molecule has 7 nitrogen and oxygen atoms in total. The molecule has 0 aliphatic heterocycles. The van der Waals surface area contributed by atoms with E-state index < -0.39 is 35.1 Å². The maximum absolute atomic E-state index is 11.8. The van der Waals surface area contributed by atoms with Crippen molar-refractivity contribution in [2.75, 3.05) is 0 Å². The highest BCUT2D eigenvalue weighted by Crippen LogP contribution is 2.26. The van der Waals surface area contributed by atoms with Gasteiger partial charge in [0.25, 0.3) is 0 Å². The Morgan fingerprint density at radius 2 is 1.65 bits per heavy atom. The normalized spacial score (nSPS) is 15.8. The monoisotopic (exact) mass is 289 g/mol. The first kappa shape index (κ1) is 18.2. The van der Waals surface area contributed by atoms with E-state index in [1.165, 1.54) is 6.92 Å². The number of carboxylic acid groups (broad SMARTS) is 2. The van der Waals surface area contributed by atoms with Gasteiger partial charge in [-0.1, -0.05) is 13.8 Å². The average Bonchev–Trinajstić information content (AvgIpc) is 2.24. The van der Waals surface area contributed by atoms with Crippen LogP contribution in [-0.4, -0.2) is 39.4 Å². The molecule has 0 saturated carbocycles. The van der Waals surface area contributed by atoms with E-state index in [1.807, 2.05) is 0 Å². The van der Waals surface area contributed by atoms with Gasteiger partial charge in [0.15, 0.2) is 5.54 Å². The van der Waals surface area contributed by atoms with Gasteiger partial charge in [-0.3, -0.25) is 4.79 Å². The highest BCUT2D eigenvalue weighted by molar-refractivity contribution is 5.90. The molecule has 1 amide bonds. The van der Waals surface area contributed by atoms with E-state index in [1.54, 1.807) is 27.7 Å². The molecule has 3 N–H and O–H groups in total. The van der Waals surface area contributed by atoms with E-state index in [2.05, 4.69) is 5.32 Å². The van der Waals surface area contributed by atoms with Gasteiger partial charge in [-0.25, -0.2) is 9.59 Å². The first-order chi connectivity index (χ1) is 9.00. The number of hydrogen-bond donors (Lipinski definition) is 3. The first-order valence-corrected chi connectivity index (χ1v) is 6.47. The maximum atomic E-state index is 11.8. The van der Waals surface area contributed by atoms with Crippen LogP contribution in [-0.2, 0) is 14.3 Å². The summed E-state index contributed by atoms with van der Waals surface area (Å²) in [6.07, 6.45) is -0.932. The summed E-state index contributed by atoms with van der Waals surface area (Å²) in [5, 5.41) is 20.8. The minimum absolute atomic E-state index is 0.0631. The lowest BCUT2D eigenvalue weighted by Crippen LogP contribution is -2.61. The maximum Gasteiger partial charge on any atom is 0.408 e. The standard InChI is InChI=1S/C13H23NO6/c1-6-8(9(15)16)13(7-2,10(17)18)14-11(19)20-12(3,4)5/h8H,6-7H2,1-5H3,(H,14,19)(H,15,16)(H,17,18)/t8-,13+/m1/s1. The van der Waals surface area contributed by atoms with E-state index in [9.17, 15) is 24.6 Å². The van der Waals surface area contributed by atoms with Crippen molar-refractivity contribution in [3.05, 3.63) is 0 Å². The summed E-state index contributed by atoms with van der Waals surface area (Å²) < 4.78 is 5.01. The van der Waals surface area contributed by atoms with Crippen LogP contribution in [0.5, 0.6) is 0 Å². The molecule has 2 atom stereocenters. The molecule has 0 saturated heterocycles. The zero-order chi connectivity index (χ0) is 16.1. The molecular formula is C13H23NO6. The van der Waals surface area contributed by atoms with Crippen molar-refractivity contribution < 1.29 is 29.3 Å². The van der Waals surface area contributed by atoms with Gasteiger partial charge in [-0.15, -0.1) is 0 Å². The molecule has 7 heteroatoms. The molecule has 0 aliphatic carbocycles. The third-order valence-corrected chi connectivity index (χ3v) is 2.96. The SMILES string of the molecule is CC[C@H](C(=O)O)[C@](CC)(NC(=O)OC(C)(C)C)C(=O)O. The van der Waals surface area contributed by atoms with E-state index >= 15 is 0 Å². The lowest BCUT2D eigenvalue weighted by atomic mass is 9.80. The van der Waals surface area contributed by atoms with Gasteiger partial charge in [0.2, 0.25) is 0 Å². The zero-order valence-corrected chi connectivity index (χ0v) is 12.5. The van der Waals surface area contributed by atoms with Crippen molar-refractivity contribution in [3.8, 4) is 0 Å². The summed E-state index contributed by atoms with van der Waals surface area (Å²) >= 11 is 0. The summed E-state index contributed by atoms with van der Waals surface area (Å²) in [6.45, 7) is 7.97. The van der Waals surface area contributed by atoms with Gasteiger partial charge in [-0.2, -0.15) is 0 Å². The predicted molar refractivity (Wildman–Crippen MR) is 71.4 cm³/mol. The molecule has 0 aromatic heterocycles. The fourth-order valence-corrected chi connectivity index (χ4v) is 2.00. The number of alkyl carbamates (subject to hydrolysis) is 1. The van der Waals surface area contributed by atoms with Crippen LogP contribution in [0.1, 0.15) is 47.5 Å². The van der Waals surface area contributed by atoms with Gasteiger partial charge in [0, 0.05) is 0 Å². The smallest absolute Gasteiger partial charge is 0.408 e. The van der Waals surface area contributed by atoms with Crippen molar-refractivity contribution in [1.29, 1.82) is 0 Å². The molecule has 0 fully saturated rings. The second-order valence-corrected chi connectivity index (χ2v) is 5.56. The molecule has 0 radical (unpaired) electrons. The average molecular weight is 289 g/mol. The van der Waals surface area contributed by atoms with Crippen molar-refractivity contribution in [3.63, 3.8) is 0 Å². The largest absolute Gasteiger partial charge is 0.481 e. The molecule has 0 unspecified atom stereocenters. The van der Waals surface area contributed by atoms with Gasteiger partial charge in [-0.05, 0) is 33.6 Å². The van der Waals surface area contributed by atoms with E-state index in [-0.39, 0.29) is 12.8 Å².